The molecule has 1 aromatic carbocycles. The van der Waals surface area contributed by atoms with Gasteiger partial charge in [0.2, 0.25) is 11.9 Å². The number of ether oxygens (including phenoxy) is 1. The third-order valence-electron chi connectivity index (χ3n) is 5.37. The number of rotatable bonds is 3. The monoisotopic (exact) mass is 436 g/mol. The molecule has 0 atom stereocenters. The fraction of sp³-hybridized carbons (Fsp3) is 0.435. The topological polar surface area (TPSA) is 102 Å². The molecule has 9 heteroatoms. The Morgan fingerprint density at radius 1 is 1.12 bits per heavy atom. The minimum absolute atomic E-state index is 0.128. The van der Waals surface area contributed by atoms with Gasteiger partial charge in [0.05, 0.1) is 11.7 Å². The quantitative estimate of drug-likeness (QED) is 0.673. The zero-order chi connectivity index (χ0) is 22.9. The molecular formula is C23H28N6O3. The number of hydrogen-bond donors (Lipinski definition) is 1. The van der Waals surface area contributed by atoms with Gasteiger partial charge >= 0.3 is 6.09 Å². The molecule has 1 N–H and O–H groups in total. The summed E-state index contributed by atoms with van der Waals surface area (Å²) < 4.78 is 7.16. The number of benzene rings is 1. The van der Waals surface area contributed by atoms with Crippen molar-refractivity contribution in [3.05, 3.63) is 36.8 Å². The fourth-order valence-electron chi connectivity index (χ4n) is 3.70. The first-order valence-electron chi connectivity index (χ1n) is 10.7. The zero-order valence-electron chi connectivity index (χ0n) is 18.8. The van der Waals surface area contributed by atoms with Crippen LogP contribution in [0, 0.1) is 5.92 Å². The van der Waals surface area contributed by atoms with Gasteiger partial charge in [-0.2, -0.15) is 5.10 Å². The van der Waals surface area contributed by atoms with Gasteiger partial charge in [0.25, 0.3) is 0 Å². The van der Waals surface area contributed by atoms with E-state index in [2.05, 4.69) is 20.4 Å². The number of piperidine rings is 1. The summed E-state index contributed by atoms with van der Waals surface area (Å²) in [5.74, 6) is -0.0493. The van der Waals surface area contributed by atoms with Gasteiger partial charge in [-0.05, 0) is 45.2 Å². The molecule has 0 spiro atoms. The lowest BCUT2D eigenvalue weighted by Crippen LogP contribution is -2.43. The standard InChI is InChI=1S/C23H28N6O3/c1-23(2,3)32-22(31)29-9-7-15(8-10-29)20(30)27-21-24-12-17-6-5-16(11-19(17)26-21)18-13-25-28(4)14-18/h5-6,11-15H,7-10H2,1-4H3,(H,24,26,27,30). The zero-order valence-corrected chi connectivity index (χ0v) is 18.8. The van der Waals surface area contributed by atoms with Crippen molar-refractivity contribution in [3.8, 4) is 11.1 Å². The molecule has 9 nitrogen and oxygen atoms in total. The number of anilines is 1. The first-order valence-corrected chi connectivity index (χ1v) is 10.7. The van der Waals surface area contributed by atoms with E-state index in [0.29, 0.717) is 25.9 Å². The Morgan fingerprint density at radius 3 is 2.53 bits per heavy atom. The molecule has 1 aliphatic rings. The highest BCUT2D eigenvalue weighted by Crippen LogP contribution is 2.24. The van der Waals surface area contributed by atoms with Crippen LogP contribution < -0.4 is 5.32 Å². The molecule has 32 heavy (non-hydrogen) atoms. The fourth-order valence-corrected chi connectivity index (χ4v) is 3.70. The van der Waals surface area contributed by atoms with Crippen molar-refractivity contribution < 1.29 is 14.3 Å². The summed E-state index contributed by atoms with van der Waals surface area (Å²) in [7, 11) is 1.87. The smallest absolute Gasteiger partial charge is 0.410 e. The summed E-state index contributed by atoms with van der Waals surface area (Å²) in [6.45, 7) is 6.50. The van der Waals surface area contributed by atoms with Crippen LogP contribution >= 0.6 is 0 Å². The second-order valence-electron chi connectivity index (χ2n) is 9.10. The van der Waals surface area contributed by atoms with Crippen LogP contribution in [0.25, 0.3) is 22.0 Å². The van der Waals surface area contributed by atoms with Gasteiger partial charge in [-0.3, -0.25) is 14.8 Å². The highest BCUT2D eigenvalue weighted by Gasteiger charge is 2.30. The predicted octanol–water partition coefficient (Wildman–Crippen LogP) is 3.62. The molecule has 168 valence electrons. The lowest BCUT2D eigenvalue weighted by atomic mass is 9.96. The van der Waals surface area contributed by atoms with Crippen LogP contribution in [0.15, 0.2) is 36.8 Å². The number of likely N-dealkylation sites (tertiary alicyclic amines) is 1. The molecule has 2 aromatic heterocycles. The van der Waals surface area contributed by atoms with Gasteiger partial charge in [0.15, 0.2) is 0 Å². The molecule has 1 fully saturated rings. The second kappa shape index (κ2) is 8.57. The minimum atomic E-state index is -0.532. The Bertz CT molecular complexity index is 1140. The van der Waals surface area contributed by atoms with Gasteiger partial charge in [-0.15, -0.1) is 0 Å². The van der Waals surface area contributed by atoms with E-state index in [1.165, 1.54) is 0 Å². The number of fused-ring (bicyclic) bond motifs is 1. The Morgan fingerprint density at radius 2 is 1.88 bits per heavy atom. The van der Waals surface area contributed by atoms with Crippen LogP contribution in [0.5, 0.6) is 0 Å². The van der Waals surface area contributed by atoms with Crippen LogP contribution in [-0.4, -0.2) is 55.3 Å². The van der Waals surface area contributed by atoms with Gasteiger partial charge in [-0.25, -0.2) is 14.8 Å². The van der Waals surface area contributed by atoms with Crippen molar-refractivity contribution in [2.45, 2.75) is 39.2 Å². The first-order chi connectivity index (χ1) is 15.2. The van der Waals surface area contributed by atoms with Crippen molar-refractivity contribution >= 4 is 28.9 Å². The van der Waals surface area contributed by atoms with Crippen molar-refractivity contribution in [2.75, 3.05) is 18.4 Å². The van der Waals surface area contributed by atoms with Gasteiger partial charge in [0.1, 0.15) is 5.60 Å². The average molecular weight is 437 g/mol. The first kappa shape index (κ1) is 21.7. The highest BCUT2D eigenvalue weighted by atomic mass is 16.6. The van der Waals surface area contributed by atoms with Crippen molar-refractivity contribution in [1.29, 1.82) is 0 Å². The van der Waals surface area contributed by atoms with Crippen molar-refractivity contribution in [3.63, 3.8) is 0 Å². The molecule has 0 aliphatic carbocycles. The Kier molecular flexibility index (Phi) is 5.82. The van der Waals surface area contributed by atoms with Gasteiger partial charge in [-0.1, -0.05) is 12.1 Å². The van der Waals surface area contributed by atoms with Crippen LogP contribution in [0.4, 0.5) is 10.7 Å². The summed E-state index contributed by atoms with van der Waals surface area (Å²) in [5, 5.41) is 7.94. The summed E-state index contributed by atoms with van der Waals surface area (Å²) in [5.41, 5.74) is 2.21. The van der Waals surface area contributed by atoms with Crippen LogP contribution in [0.3, 0.4) is 0 Å². The van der Waals surface area contributed by atoms with E-state index in [1.807, 2.05) is 52.2 Å². The van der Waals surface area contributed by atoms with Crippen LogP contribution in [0.1, 0.15) is 33.6 Å². The number of nitrogens with one attached hydrogen (secondary N) is 1. The third-order valence-corrected chi connectivity index (χ3v) is 5.37. The van der Waals surface area contributed by atoms with Crippen LogP contribution in [-0.2, 0) is 16.6 Å². The molecule has 0 unspecified atom stereocenters. The lowest BCUT2D eigenvalue weighted by Gasteiger charge is -2.32. The SMILES string of the molecule is Cn1cc(-c2ccc3cnc(NC(=O)C4CCN(C(=O)OC(C)(C)C)CC4)nc3c2)cn1. The maximum absolute atomic E-state index is 12.8. The molecule has 0 saturated carbocycles. The number of carbonyl (C=O) groups is 2. The molecule has 3 heterocycles. The number of aryl methyl sites for hydroxylation is 1. The van der Waals surface area contributed by atoms with E-state index >= 15 is 0 Å². The van der Waals surface area contributed by atoms with E-state index in [-0.39, 0.29) is 23.9 Å². The maximum Gasteiger partial charge on any atom is 0.410 e. The Balaban J connectivity index is 1.40. The van der Waals surface area contributed by atoms with Gasteiger partial charge < -0.3 is 9.64 Å². The highest BCUT2D eigenvalue weighted by molar-refractivity contribution is 5.92. The molecular weight excluding hydrogens is 408 g/mol. The third kappa shape index (κ3) is 5.04. The molecule has 1 saturated heterocycles. The van der Waals surface area contributed by atoms with Crippen molar-refractivity contribution in [2.24, 2.45) is 13.0 Å². The molecule has 0 radical (unpaired) electrons. The van der Waals surface area contributed by atoms with E-state index in [9.17, 15) is 9.59 Å². The summed E-state index contributed by atoms with van der Waals surface area (Å²) in [6.07, 6.45) is 6.26. The molecule has 1 aliphatic heterocycles. The predicted molar refractivity (Wildman–Crippen MR) is 121 cm³/mol. The van der Waals surface area contributed by atoms with Crippen LogP contribution in [0.2, 0.25) is 0 Å². The number of hydrogen-bond acceptors (Lipinski definition) is 6. The summed E-state index contributed by atoms with van der Waals surface area (Å²) >= 11 is 0. The Hall–Kier alpha value is -3.49. The summed E-state index contributed by atoms with van der Waals surface area (Å²) in [6, 6.07) is 5.91. The number of amides is 2. The normalized spacial score (nSPS) is 15.1. The van der Waals surface area contributed by atoms with E-state index < -0.39 is 5.60 Å². The van der Waals surface area contributed by atoms with E-state index in [4.69, 9.17) is 4.74 Å². The molecule has 4 rings (SSSR count). The average Bonchev–Trinajstić information content (AvgIpc) is 3.18. The summed E-state index contributed by atoms with van der Waals surface area (Å²) in [4.78, 5) is 35.5. The number of aromatic nitrogens is 4. The molecule has 3 aromatic rings. The van der Waals surface area contributed by atoms with E-state index in [0.717, 1.165) is 22.0 Å². The second-order valence-corrected chi connectivity index (χ2v) is 9.10. The van der Waals surface area contributed by atoms with Gasteiger partial charge in [0, 0.05) is 49.4 Å². The molecule has 0 bridgehead atoms. The Labute approximate surface area is 186 Å². The largest absolute Gasteiger partial charge is 0.444 e. The van der Waals surface area contributed by atoms with Crippen molar-refractivity contribution in [1.82, 2.24) is 24.6 Å². The lowest BCUT2D eigenvalue weighted by molar-refractivity contribution is -0.121. The van der Waals surface area contributed by atoms with E-state index in [1.54, 1.807) is 22.0 Å². The maximum atomic E-state index is 12.8. The number of nitrogens with zero attached hydrogens (tertiary/aromatic N) is 5. The minimum Gasteiger partial charge on any atom is -0.444 e. The number of carbonyl (C=O) groups excluding carboxylic acids is 2. The molecule has 2 amide bonds.